The summed E-state index contributed by atoms with van der Waals surface area (Å²) in [6, 6.07) is 0. The molecular formula is C4H11NO2S2. The van der Waals surface area contributed by atoms with Crippen LogP contribution < -0.4 is 4.72 Å². The Labute approximate surface area is 60.3 Å². The smallest absolute Gasteiger partial charge is 0.209 e. The first-order valence-electron chi connectivity index (χ1n) is 2.46. The molecule has 1 N–H and O–H groups in total. The van der Waals surface area contributed by atoms with Gasteiger partial charge >= 0.3 is 0 Å². The summed E-state index contributed by atoms with van der Waals surface area (Å²) in [5.74, 6) is 0. The Morgan fingerprint density at radius 1 is 1.56 bits per heavy atom. The molecule has 0 fully saturated rings. The largest absolute Gasteiger partial charge is 0.213 e. The van der Waals surface area contributed by atoms with Crippen molar-refractivity contribution in [2.24, 2.45) is 0 Å². The van der Waals surface area contributed by atoms with Gasteiger partial charge in [-0.05, 0) is 13.2 Å². The summed E-state index contributed by atoms with van der Waals surface area (Å²) in [6.07, 6.45) is 3.00. The highest BCUT2D eigenvalue weighted by molar-refractivity contribution is 8.00. The van der Waals surface area contributed by atoms with E-state index in [-0.39, 0.29) is 5.37 Å². The Kier molecular flexibility index (Phi) is 3.53. The molecule has 9 heavy (non-hydrogen) atoms. The molecule has 0 aromatic carbocycles. The van der Waals surface area contributed by atoms with Crippen LogP contribution in [0.1, 0.15) is 6.92 Å². The van der Waals surface area contributed by atoms with Crippen LogP contribution in [0.3, 0.4) is 0 Å². The highest BCUT2D eigenvalue weighted by Crippen LogP contribution is 2.00. The van der Waals surface area contributed by atoms with Gasteiger partial charge in [-0.2, -0.15) is 0 Å². The average Bonchev–Trinajstić information content (AvgIpc) is 1.62. The van der Waals surface area contributed by atoms with Gasteiger partial charge in [-0.15, -0.1) is 11.8 Å². The Morgan fingerprint density at radius 3 is 2.11 bits per heavy atom. The second-order valence-electron chi connectivity index (χ2n) is 1.77. The molecule has 56 valence electrons. The van der Waals surface area contributed by atoms with Gasteiger partial charge in [-0.3, -0.25) is 0 Å². The topological polar surface area (TPSA) is 46.2 Å². The van der Waals surface area contributed by atoms with E-state index in [0.29, 0.717) is 0 Å². The van der Waals surface area contributed by atoms with Gasteiger partial charge < -0.3 is 0 Å². The highest BCUT2D eigenvalue weighted by atomic mass is 32.2. The maximum absolute atomic E-state index is 10.5. The van der Waals surface area contributed by atoms with Gasteiger partial charge in [-0.1, -0.05) is 0 Å². The minimum Gasteiger partial charge on any atom is -0.213 e. The van der Waals surface area contributed by atoms with E-state index in [2.05, 4.69) is 4.72 Å². The minimum atomic E-state index is -3.01. The lowest BCUT2D eigenvalue weighted by atomic mass is 10.8. The maximum atomic E-state index is 10.5. The molecule has 0 aliphatic rings. The summed E-state index contributed by atoms with van der Waals surface area (Å²) >= 11 is 1.46. The fourth-order valence-electron chi connectivity index (χ4n) is 0.350. The van der Waals surface area contributed by atoms with Gasteiger partial charge in [0.05, 0.1) is 11.6 Å². The van der Waals surface area contributed by atoms with Crippen LogP contribution in [0.4, 0.5) is 0 Å². The molecule has 1 unspecified atom stereocenters. The van der Waals surface area contributed by atoms with Crippen molar-refractivity contribution in [3.8, 4) is 0 Å². The molecular weight excluding hydrogens is 158 g/mol. The SMILES string of the molecule is CSC(C)NS(C)(=O)=O. The predicted molar refractivity (Wildman–Crippen MR) is 41.0 cm³/mol. The molecule has 1 atom stereocenters. The predicted octanol–water partition coefficient (Wildman–Crippen LogP) is 0.245. The summed E-state index contributed by atoms with van der Waals surface area (Å²) in [7, 11) is -3.01. The van der Waals surface area contributed by atoms with E-state index in [1.807, 2.05) is 6.26 Å². The van der Waals surface area contributed by atoms with Crippen LogP contribution >= 0.6 is 11.8 Å². The summed E-state index contributed by atoms with van der Waals surface area (Å²) in [5.41, 5.74) is 0. The molecule has 0 aliphatic heterocycles. The van der Waals surface area contributed by atoms with Gasteiger partial charge in [-0.25, -0.2) is 13.1 Å². The molecule has 5 heteroatoms. The number of thioether (sulfide) groups is 1. The maximum Gasteiger partial charge on any atom is 0.209 e. The van der Waals surface area contributed by atoms with E-state index >= 15 is 0 Å². The molecule has 0 spiro atoms. The van der Waals surface area contributed by atoms with Crippen LogP contribution in [0.5, 0.6) is 0 Å². The van der Waals surface area contributed by atoms with Crippen LogP contribution in [-0.4, -0.2) is 26.3 Å². The minimum absolute atomic E-state index is 0.0278. The highest BCUT2D eigenvalue weighted by Gasteiger charge is 2.04. The molecule has 0 saturated heterocycles. The molecule has 0 radical (unpaired) electrons. The molecule has 0 bridgehead atoms. The number of rotatable bonds is 3. The Morgan fingerprint density at radius 2 is 2.00 bits per heavy atom. The normalized spacial score (nSPS) is 15.4. The van der Waals surface area contributed by atoms with Crippen LogP contribution in [-0.2, 0) is 10.0 Å². The zero-order valence-corrected chi connectivity index (χ0v) is 7.34. The summed E-state index contributed by atoms with van der Waals surface area (Å²) in [4.78, 5) is 0. The number of nitrogens with one attached hydrogen (secondary N) is 1. The lowest BCUT2D eigenvalue weighted by molar-refractivity contribution is 0.587. The van der Waals surface area contributed by atoms with Gasteiger partial charge in [0.15, 0.2) is 0 Å². The molecule has 0 heterocycles. The van der Waals surface area contributed by atoms with Crippen molar-refractivity contribution in [3.05, 3.63) is 0 Å². The third-order valence-electron chi connectivity index (χ3n) is 0.734. The molecule has 3 nitrogen and oxygen atoms in total. The summed E-state index contributed by atoms with van der Waals surface area (Å²) in [5, 5.41) is -0.0278. The van der Waals surface area contributed by atoms with Gasteiger partial charge in [0, 0.05) is 0 Å². The van der Waals surface area contributed by atoms with Crippen LogP contribution in [0.2, 0.25) is 0 Å². The van der Waals surface area contributed by atoms with Crippen LogP contribution in [0.15, 0.2) is 0 Å². The molecule has 0 aromatic heterocycles. The van der Waals surface area contributed by atoms with Gasteiger partial charge in [0.25, 0.3) is 0 Å². The second-order valence-corrected chi connectivity index (χ2v) is 4.73. The Hall–Kier alpha value is 0.260. The van der Waals surface area contributed by atoms with Crippen LogP contribution in [0, 0.1) is 0 Å². The number of hydrogen-bond donors (Lipinski definition) is 1. The average molecular weight is 169 g/mol. The summed E-state index contributed by atoms with van der Waals surface area (Å²) < 4.78 is 23.4. The fourth-order valence-corrected chi connectivity index (χ4v) is 1.86. The third kappa shape index (κ3) is 6.14. The third-order valence-corrected chi connectivity index (χ3v) is 2.49. The quantitative estimate of drug-likeness (QED) is 0.616. The zero-order chi connectivity index (χ0) is 7.49. The second kappa shape index (κ2) is 3.43. The van der Waals surface area contributed by atoms with Gasteiger partial charge in [0.2, 0.25) is 10.0 Å². The van der Waals surface area contributed by atoms with Crippen molar-refractivity contribution in [1.82, 2.24) is 4.72 Å². The van der Waals surface area contributed by atoms with E-state index in [9.17, 15) is 8.42 Å². The molecule has 0 saturated carbocycles. The van der Waals surface area contributed by atoms with E-state index < -0.39 is 10.0 Å². The van der Waals surface area contributed by atoms with Crippen molar-refractivity contribution in [1.29, 1.82) is 0 Å². The zero-order valence-electron chi connectivity index (χ0n) is 5.71. The van der Waals surface area contributed by atoms with Crippen molar-refractivity contribution in [2.75, 3.05) is 12.5 Å². The summed E-state index contributed by atoms with van der Waals surface area (Å²) in [6.45, 7) is 1.80. The fraction of sp³-hybridized carbons (Fsp3) is 1.00. The van der Waals surface area contributed by atoms with Crippen molar-refractivity contribution >= 4 is 21.8 Å². The monoisotopic (exact) mass is 169 g/mol. The first kappa shape index (κ1) is 9.26. The first-order chi connectivity index (χ1) is 3.95. The van der Waals surface area contributed by atoms with Crippen molar-refractivity contribution in [2.45, 2.75) is 12.3 Å². The van der Waals surface area contributed by atoms with Crippen LogP contribution in [0.25, 0.3) is 0 Å². The molecule has 0 amide bonds. The molecule has 0 aromatic rings. The molecule has 0 rings (SSSR count). The Bertz CT molecular complexity index is 163. The lowest BCUT2D eigenvalue weighted by Gasteiger charge is -2.06. The first-order valence-corrected chi connectivity index (χ1v) is 5.63. The van der Waals surface area contributed by atoms with E-state index in [0.717, 1.165) is 6.26 Å². The van der Waals surface area contributed by atoms with Crippen molar-refractivity contribution < 1.29 is 8.42 Å². The Balaban J connectivity index is 3.75. The number of sulfonamides is 1. The molecule has 0 aliphatic carbocycles. The van der Waals surface area contributed by atoms with E-state index in [1.54, 1.807) is 6.92 Å². The van der Waals surface area contributed by atoms with E-state index in [1.165, 1.54) is 11.8 Å². The van der Waals surface area contributed by atoms with E-state index in [4.69, 9.17) is 0 Å². The van der Waals surface area contributed by atoms with Gasteiger partial charge in [0.1, 0.15) is 0 Å². The lowest BCUT2D eigenvalue weighted by Crippen LogP contribution is -2.28. The standard InChI is InChI=1S/C4H11NO2S2/c1-4(8-2)5-9(3,6)7/h4-5H,1-3H3. The van der Waals surface area contributed by atoms with Crippen molar-refractivity contribution in [3.63, 3.8) is 0 Å². The number of hydrogen-bond acceptors (Lipinski definition) is 3.